The van der Waals surface area contributed by atoms with Gasteiger partial charge in [0.25, 0.3) is 0 Å². The van der Waals surface area contributed by atoms with E-state index in [4.69, 9.17) is 9.47 Å². The molecule has 1 aliphatic heterocycles. The van der Waals surface area contributed by atoms with Crippen LogP contribution in [-0.4, -0.2) is 37.1 Å². The Morgan fingerprint density at radius 2 is 2.19 bits per heavy atom. The number of ether oxygens (including phenoxy) is 2. The highest BCUT2D eigenvalue weighted by Crippen LogP contribution is 2.32. The lowest BCUT2D eigenvalue weighted by atomic mass is 10.2. The number of para-hydroxylation sites is 2. The van der Waals surface area contributed by atoms with Crippen LogP contribution < -0.4 is 19.7 Å². The van der Waals surface area contributed by atoms with E-state index in [-0.39, 0.29) is 24.8 Å². The third kappa shape index (κ3) is 3.56. The number of thiazole rings is 1. The first-order chi connectivity index (χ1) is 13.1. The first-order valence-electron chi connectivity index (χ1n) is 8.40. The van der Waals surface area contributed by atoms with Gasteiger partial charge in [0.05, 0.1) is 36.0 Å². The molecule has 0 unspecified atom stereocenters. The van der Waals surface area contributed by atoms with E-state index in [1.54, 1.807) is 19.2 Å². The number of fused-ring (bicyclic) bond motifs is 2. The number of hydrogen-bond donors (Lipinski definition) is 1. The van der Waals surface area contributed by atoms with Crippen molar-refractivity contribution in [3.05, 3.63) is 42.5 Å². The molecule has 0 spiro atoms. The van der Waals surface area contributed by atoms with Gasteiger partial charge in [0, 0.05) is 0 Å². The number of nitrogens with one attached hydrogen (secondary N) is 1. The Bertz CT molecular complexity index is 1020. The molecule has 1 aliphatic rings. The van der Waals surface area contributed by atoms with Crippen molar-refractivity contribution in [3.63, 3.8) is 0 Å². The Kier molecular flexibility index (Phi) is 4.64. The first kappa shape index (κ1) is 17.3. The van der Waals surface area contributed by atoms with Gasteiger partial charge in [-0.2, -0.15) is 0 Å². The zero-order valence-electron chi connectivity index (χ0n) is 14.6. The Morgan fingerprint density at radius 1 is 1.33 bits per heavy atom. The molecule has 0 atom stereocenters. The summed E-state index contributed by atoms with van der Waals surface area (Å²) < 4.78 is 11.7. The van der Waals surface area contributed by atoms with Gasteiger partial charge in [-0.1, -0.05) is 23.5 Å². The number of anilines is 2. The average molecular weight is 383 g/mol. The van der Waals surface area contributed by atoms with Gasteiger partial charge in [-0.3, -0.25) is 14.5 Å². The third-order valence-corrected chi connectivity index (χ3v) is 5.11. The fourth-order valence-corrected chi connectivity index (χ4v) is 3.79. The molecule has 2 amide bonds. The number of carbonyl (C=O) groups excluding carboxylic acids is 2. The van der Waals surface area contributed by atoms with E-state index in [2.05, 4.69) is 10.3 Å². The van der Waals surface area contributed by atoms with E-state index in [9.17, 15) is 9.59 Å². The van der Waals surface area contributed by atoms with Crippen LogP contribution in [0.5, 0.6) is 11.5 Å². The van der Waals surface area contributed by atoms with Crippen LogP contribution in [-0.2, 0) is 9.59 Å². The summed E-state index contributed by atoms with van der Waals surface area (Å²) in [6.07, 6.45) is 0.225. The predicted octanol–water partition coefficient (Wildman–Crippen LogP) is 3.06. The molecule has 0 saturated carbocycles. The lowest BCUT2D eigenvalue weighted by Crippen LogP contribution is -2.37. The molecular formula is C19H17N3O4S. The molecule has 0 saturated heterocycles. The third-order valence-electron chi connectivity index (χ3n) is 4.17. The van der Waals surface area contributed by atoms with Crippen molar-refractivity contribution in [2.45, 2.75) is 6.42 Å². The second kappa shape index (κ2) is 7.24. The predicted molar refractivity (Wildman–Crippen MR) is 104 cm³/mol. The number of amides is 2. The molecule has 0 bridgehead atoms. The number of hydrogen-bond acceptors (Lipinski definition) is 6. The highest BCUT2D eigenvalue weighted by Gasteiger charge is 2.25. The fourth-order valence-electron chi connectivity index (χ4n) is 2.88. The lowest BCUT2D eigenvalue weighted by Gasteiger charge is -2.20. The second-order valence-corrected chi connectivity index (χ2v) is 6.98. The van der Waals surface area contributed by atoms with Gasteiger partial charge in [-0.15, -0.1) is 0 Å². The van der Waals surface area contributed by atoms with Gasteiger partial charge in [0.2, 0.25) is 11.8 Å². The van der Waals surface area contributed by atoms with E-state index in [1.165, 1.54) is 16.2 Å². The van der Waals surface area contributed by atoms with Crippen molar-refractivity contribution in [3.8, 4) is 11.5 Å². The minimum atomic E-state index is -0.314. The Morgan fingerprint density at radius 3 is 3.04 bits per heavy atom. The minimum absolute atomic E-state index is 0.0988. The van der Waals surface area contributed by atoms with E-state index in [0.29, 0.717) is 23.2 Å². The smallest absolute Gasteiger partial charge is 0.246 e. The lowest BCUT2D eigenvalue weighted by molar-refractivity contribution is -0.121. The first-order valence-corrected chi connectivity index (χ1v) is 9.22. The van der Waals surface area contributed by atoms with E-state index in [1.807, 2.05) is 30.3 Å². The summed E-state index contributed by atoms with van der Waals surface area (Å²) in [7, 11) is 1.60. The molecule has 0 radical (unpaired) electrons. The van der Waals surface area contributed by atoms with Gasteiger partial charge in [0.15, 0.2) is 5.13 Å². The Labute approximate surface area is 159 Å². The largest absolute Gasteiger partial charge is 0.497 e. The molecule has 4 rings (SSSR count). The molecule has 27 heavy (non-hydrogen) atoms. The van der Waals surface area contributed by atoms with Crippen molar-refractivity contribution in [2.24, 2.45) is 0 Å². The zero-order chi connectivity index (χ0) is 18.8. The number of carbonyl (C=O) groups is 2. The topological polar surface area (TPSA) is 80.8 Å². The number of nitrogens with zero attached hydrogens (tertiary/aromatic N) is 2. The van der Waals surface area contributed by atoms with Gasteiger partial charge in [-0.25, -0.2) is 4.98 Å². The summed E-state index contributed by atoms with van der Waals surface area (Å²) in [5, 5.41) is 3.26. The highest BCUT2D eigenvalue weighted by atomic mass is 32.1. The maximum absolute atomic E-state index is 12.5. The summed E-state index contributed by atoms with van der Waals surface area (Å²) in [6.45, 7) is 0.201. The molecule has 0 aliphatic carbocycles. The van der Waals surface area contributed by atoms with Crippen molar-refractivity contribution < 1.29 is 19.1 Å². The van der Waals surface area contributed by atoms with Crippen molar-refractivity contribution in [1.82, 2.24) is 4.98 Å². The highest BCUT2D eigenvalue weighted by molar-refractivity contribution is 7.22. The zero-order valence-corrected chi connectivity index (χ0v) is 15.4. The van der Waals surface area contributed by atoms with Crippen LogP contribution in [0.3, 0.4) is 0 Å². The molecule has 2 aromatic carbocycles. The summed E-state index contributed by atoms with van der Waals surface area (Å²) in [4.78, 5) is 30.8. The van der Waals surface area contributed by atoms with E-state index < -0.39 is 0 Å². The van der Waals surface area contributed by atoms with Gasteiger partial charge in [0.1, 0.15) is 18.0 Å². The number of aromatic nitrogens is 1. The van der Waals surface area contributed by atoms with Crippen molar-refractivity contribution in [2.75, 3.05) is 30.5 Å². The molecule has 138 valence electrons. The molecular weight excluding hydrogens is 366 g/mol. The fraction of sp³-hybridized carbons (Fsp3) is 0.211. The molecule has 3 aromatic rings. The molecule has 1 aromatic heterocycles. The SMILES string of the molecule is COc1ccc2nc(NC(=O)CN3C(=O)CCOc4ccccc43)sc2c1. The Hall–Kier alpha value is -3.13. The number of methoxy groups -OCH3 is 1. The summed E-state index contributed by atoms with van der Waals surface area (Å²) in [6, 6.07) is 12.7. The standard InChI is InChI=1S/C19H17N3O4S/c1-25-12-6-7-13-16(10-12)27-19(20-13)21-17(23)11-22-14-4-2-3-5-15(14)26-9-8-18(22)24/h2-7,10H,8-9,11H2,1H3,(H,20,21,23). The van der Waals surface area contributed by atoms with Crippen LogP contribution in [0.4, 0.5) is 10.8 Å². The molecule has 1 N–H and O–H groups in total. The quantitative estimate of drug-likeness (QED) is 0.749. The van der Waals surface area contributed by atoms with Gasteiger partial charge < -0.3 is 14.8 Å². The van der Waals surface area contributed by atoms with E-state index >= 15 is 0 Å². The van der Waals surface area contributed by atoms with Crippen LogP contribution in [0.25, 0.3) is 10.2 Å². The van der Waals surface area contributed by atoms with Crippen LogP contribution >= 0.6 is 11.3 Å². The summed E-state index contributed by atoms with van der Waals surface area (Å²) >= 11 is 1.36. The summed E-state index contributed by atoms with van der Waals surface area (Å²) in [5.41, 5.74) is 1.38. The monoisotopic (exact) mass is 383 g/mol. The number of benzene rings is 2. The minimum Gasteiger partial charge on any atom is -0.497 e. The Balaban J connectivity index is 1.53. The van der Waals surface area contributed by atoms with Crippen LogP contribution in [0, 0.1) is 0 Å². The number of rotatable bonds is 4. The average Bonchev–Trinajstić information content (AvgIpc) is 3.00. The van der Waals surface area contributed by atoms with Crippen molar-refractivity contribution in [1.29, 1.82) is 0 Å². The van der Waals surface area contributed by atoms with Gasteiger partial charge in [-0.05, 0) is 30.3 Å². The summed E-state index contributed by atoms with van der Waals surface area (Å²) in [5.74, 6) is 0.870. The normalized spacial score (nSPS) is 13.7. The van der Waals surface area contributed by atoms with Crippen molar-refractivity contribution >= 4 is 44.2 Å². The molecule has 8 heteroatoms. The van der Waals surface area contributed by atoms with Crippen LogP contribution in [0.15, 0.2) is 42.5 Å². The maximum Gasteiger partial charge on any atom is 0.246 e. The van der Waals surface area contributed by atoms with Crippen LogP contribution in [0.2, 0.25) is 0 Å². The molecule has 0 fully saturated rings. The molecule has 7 nitrogen and oxygen atoms in total. The molecule has 2 heterocycles. The maximum atomic E-state index is 12.5. The van der Waals surface area contributed by atoms with E-state index in [0.717, 1.165) is 16.0 Å². The second-order valence-electron chi connectivity index (χ2n) is 5.95. The van der Waals surface area contributed by atoms with Gasteiger partial charge >= 0.3 is 0 Å². The van der Waals surface area contributed by atoms with Crippen LogP contribution in [0.1, 0.15) is 6.42 Å².